The first-order valence-electron chi connectivity index (χ1n) is 6.16. The molecule has 0 aromatic heterocycles. The summed E-state index contributed by atoms with van der Waals surface area (Å²) >= 11 is 0. The molecule has 4 bridgehead atoms. The second kappa shape index (κ2) is 2.96. The maximum absolute atomic E-state index is 9.33. The Kier molecular flexibility index (Phi) is 1.94. The molecule has 0 amide bonds. The number of hydrogen-bond acceptors (Lipinski definition) is 1. The predicted octanol–water partition coefficient (Wildman–Crippen LogP) is 0.806. The van der Waals surface area contributed by atoms with Crippen molar-refractivity contribution in [1.29, 1.82) is 0 Å². The lowest BCUT2D eigenvalue weighted by molar-refractivity contribution is -0.463. The van der Waals surface area contributed by atoms with Crippen molar-refractivity contribution in [1.82, 2.24) is 0 Å². The first-order valence-corrected chi connectivity index (χ1v) is 6.16. The molecule has 4 rings (SSSR count). The molecular weight excluding hydrogens is 174 g/mol. The van der Waals surface area contributed by atoms with Crippen LogP contribution in [0.25, 0.3) is 0 Å². The van der Waals surface area contributed by atoms with E-state index in [9.17, 15) is 5.11 Å². The van der Waals surface area contributed by atoms with E-state index >= 15 is 0 Å². The van der Waals surface area contributed by atoms with Crippen LogP contribution in [0.1, 0.15) is 38.5 Å². The summed E-state index contributed by atoms with van der Waals surface area (Å²) in [5.74, 6) is 2.95. The minimum atomic E-state index is 0.298. The van der Waals surface area contributed by atoms with E-state index in [1.165, 1.54) is 38.5 Å². The molecule has 0 spiro atoms. The molecule has 4 aliphatic rings. The van der Waals surface area contributed by atoms with Gasteiger partial charge in [0.1, 0.15) is 6.04 Å². The lowest BCUT2D eigenvalue weighted by Gasteiger charge is -2.57. The number of aliphatic hydroxyl groups excluding tert-OH is 1. The van der Waals surface area contributed by atoms with Gasteiger partial charge in [-0.1, -0.05) is 0 Å². The average Bonchev–Trinajstić information content (AvgIpc) is 2.14. The van der Waals surface area contributed by atoms with Gasteiger partial charge in [0, 0.05) is 5.41 Å². The average molecular weight is 196 g/mol. The number of hydrogen-bond donors (Lipinski definition) is 2. The molecule has 4 fully saturated rings. The summed E-state index contributed by atoms with van der Waals surface area (Å²) in [4.78, 5) is 0. The van der Waals surface area contributed by atoms with Crippen LogP contribution in [0.15, 0.2) is 0 Å². The predicted molar refractivity (Wildman–Crippen MR) is 54.4 cm³/mol. The fourth-order valence-corrected chi connectivity index (χ4v) is 4.87. The Morgan fingerprint density at radius 3 is 1.86 bits per heavy atom. The molecular formula is C12H22NO+. The molecule has 0 radical (unpaired) electrons. The summed E-state index contributed by atoms with van der Waals surface area (Å²) in [7, 11) is 0. The molecule has 0 heterocycles. The van der Waals surface area contributed by atoms with Crippen molar-refractivity contribution in [2.75, 3.05) is 6.61 Å². The normalized spacial score (nSPS) is 52.3. The third-order valence-electron chi connectivity index (χ3n) is 5.17. The van der Waals surface area contributed by atoms with Crippen LogP contribution in [0.5, 0.6) is 0 Å². The highest BCUT2D eigenvalue weighted by molar-refractivity contribution is 5.03. The van der Waals surface area contributed by atoms with E-state index in [1.807, 2.05) is 0 Å². The largest absolute Gasteiger partial charge is 0.390 e. The number of aliphatic hydroxyl groups is 1. The van der Waals surface area contributed by atoms with Crippen molar-refractivity contribution in [3.8, 4) is 0 Å². The fraction of sp³-hybridized carbons (Fsp3) is 1.00. The van der Waals surface area contributed by atoms with E-state index in [0.29, 0.717) is 18.1 Å². The Morgan fingerprint density at radius 2 is 1.50 bits per heavy atom. The monoisotopic (exact) mass is 196 g/mol. The molecule has 0 saturated heterocycles. The van der Waals surface area contributed by atoms with Crippen LogP contribution in [0, 0.1) is 23.2 Å². The molecule has 2 nitrogen and oxygen atoms in total. The van der Waals surface area contributed by atoms with Crippen molar-refractivity contribution < 1.29 is 10.8 Å². The smallest absolute Gasteiger partial charge is 0.113 e. The van der Waals surface area contributed by atoms with Crippen LogP contribution in [-0.4, -0.2) is 17.8 Å². The minimum Gasteiger partial charge on any atom is -0.390 e. The van der Waals surface area contributed by atoms with E-state index < -0.39 is 0 Å². The minimum absolute atomic E-state index is 0.298. The lowest BCUT2D eigenvalue weighted by Crippen LogP contribution is -2.73. The molecule has 1 atom stereocenters. The van der Waals surface area contributed by atoms with E-state index in [0.717, 1.165) is 17.8 Å². The topological polar surface area (TPSA) is 47.9 Å². The Morgan fingerprint density at radius 1 is 1.07 bits per heavy atom. The van der Waals surface area contributed by atoms with Crippen LogP contribution in [0.4, 0.5) is 0 Å². The molecule has 4 aliphatic carbocycles. The zero-order chi connectivity index (χ0) is 9.76. The highest BCUT2D eigenvalue weighted by atomic mass is 16.3. The summed E-state index contributed by atoms with van der Waals surface area (Å²) in [6.07, 6.45) is 8.56. The summed E-state index contributed by atoms with van der Waals surface area (Å²) < 4.78 is 0. The zero-order valence-corrected chi connectivity index (χ0v) is 8.91. The molecule has 2 heteroatoms. The van der Waals surface area contributed by atoms with Crippen molar-refractivity contribution in [3.63, 3.8) is 0 Å². The van der Waals surface area contributed by atoms with Gasteiger partial charge in [-0.15, -0.1) is 0 Å². The Hall–Kier alpha value is -0.0800. The summed E-state index contributed by atoms with van der Waals surface area (Å²) in [5.41, 5.74) is 4.64. The second-order valence-electron chi connectivity index (χ2n) is 6.16. The van der Waals surface area contributed by atoms with Crippen LogP contribution < -0.4 is 5.73 Å². The summed E-state index contributed by atoms with van der Waals surface area (Å²) in [6.45, 7) is 0.298. The van der Waals surface area contributed by atoms with E-state index in [4.69, 9.17) is 0 Å². The quantitative estimate of drug-likeness (QED) is 0.674. The summed E-state index contributed by atoms with van der Waals surface area (Å²) in [6, 6.07) is 0.302. The molecule has 14 heavy (non-hydrogen) atoms. The van der Waals surface area contributed by atoms with Crippen LogP contribution >= 0.6 is 0 Å². The number of quaternary nitrogens is 1. The SMILES string of the molecule is [NH3+]C(CO)C12CC3CC(CC(C3)C1)C2. The van der Waals surface area contributed by atoms with E-state index in [-0.39, 0.29) is 0 Å². The standard InChI is InChI=1S/C12H21NO/c13-11(7-14)12-4-8-1-9(5-12)3-10(2-8)6-12/h8-11,14H,1-7,13H2/p+1. The van der Waals surface area contributed by atoms with Gasteiger partial charge in [-0.2, -0.15) is 0 Å². The van der Waals surface area contributed by atoms with Gasteiger partial charge in [0.25, 0.3) is 0 Å². The first-order chi connectivity index (χ1) is 6.72. The van der Waals surface area contributed by atoms with E-state index in [2.05, 4.69) is 5.73 Å². The Labute approximate surface area is 85.9 Å². The highest BCUT2D eigenvalue weighted by Gasteiger charge is 2.54. The maximum atomic E-state index is 9.33. The van der Waals surface area contributed by atoms with Gasteiger partial charge in [-0.05, 0) is 56.3 Å². The van der Waals surface area contributed by atoms with Gasteiger partial charge >= 0.3 is 0 Å². The molecule has 80 valence electrons. The maximum Gasteiger partial charge on any atom is 0.113 e. The van der Waals surface area contributed by atoms with Crippen LogP contribution in [0.3, 0.4) is 0 Å². The lowest BCUT2D eigenvalue weighted by atomic mass is 9.48. The molecule has 1 unspecified atom stereocenters. The van der Waals surface area contributed by atoms with Crippen LogP contribution in [-0.2, 0) is 0 Å². The van der Waals surface area contributed by atoms with Crippen molar-refractivity contribution >= 4 is 0 Å². The van der Waals surface area contributed by atoms with E-state index in [1.54, 1.807) is 0 Å². The molecule has 0 aliphatic heterocycles. The van der Waals surface area contributed by atoms with Gasteiger partial charge in [0.15, 0.2) is 0 Å². The van der Waals surface area contributed by atoms with Crippen molar-refractivity contribution in [3.05, 3.63) is 0 Å². The molecule has 4 saturated carbocycles. The second-order valence-corrected chi connectivity index (χ2v) is 6.16. The summed E-state index contributed by atoms with van der Waals surface area (Å²) in [5, 5.41) is 9.33. The Balaban J connectivity index is 1.87. The Bertz CT molecular complexity index is 203. The van der Waals surface area contributed by atoms with Crippen molar-refractivity contribution in [2.45, 2.75) is 44.6 Å². The fourth-order valence-electron chi connectivity index (χ4n) is 4.87. The third-order valence-corrected chi connectivity index (χ3v) is 5.17. The number of rotatable bonds is 2. The highest BCUT2D eigenvalue weighted by Crippen LogP contribution is 2.60. The van der Waals surface area contributed by atoms with Crippen molar-refractivity contribution in [2.24, 2.45) is 23.2 Å². The van der Waals surface area contributed by atoms with Gasteiger partial charge in [0.2, 0.25) is 0 Å². The third kappa shape index (κ3) is 1.17. The zero-order valence-electron chi connectivity index (χ0n) is 8.91. The molecule has 0 aromatic carbocycles. The van der Waals surface area contributed by atoms with Gasteiger partial charge in [-0.3, -0.25) is 0 Å². The van der Waals surface area contributed by atoms with Gasteiger partial charge < -0.3 is 10.8 Å². The van der Waals surface area contributed by atoms with Crippen LogP contribution in [0.2, 0.25) is 0 Å². The molecule has 0 aromatic rings. The van der Waals surface area contributed by atoms with Gasteiger partial charge in [-0.25, -0.2) is 0 Å². The first kappa shape index (κ1) is 9.17. The van der Waals surface area contributed by atoms with Gasteiger partial charge in [0.05, 0.1) is 6.61 Å². The molecule has 4 N–H and O–H groups in total.